The van der Waals surface area contributed by atoms with Gasteiger partial charge in [-0.25, -0.2) is 4.99 Å². The minimum Gasteiger partial charge on any atom is -0.497 e. The molecule has 176 valence electrons. The van der Waals surface area contributed by atoms with Crippen molar-refractivity contribution in [3.8, 4) is 11.8 Å². The average molecular weight is 473 g/mol. The molecule has 6 heteroatoms. The van der Waals surface area contributed by atoms with Crippen molar-refractivity contribution in [3.05, 3.63) is 118 Å². The molecule has 2 heterocycles. The van der Waals surface area contributed by atoms with Crippen molar-refractivity contribution in [1.29, 1.82) is 5.26 Å². The van der Waals surface area contributed by atoms with Gasteiger partial charge in [-0.3, -0.25) is 9.69 Å². The average Bonchev–Trinajstić information content (AvgIpc) is 2.92. The summed E-state index contributed by atoms with van der Waals surface area (Å²) in [4.78, 5) is 20.7. The molecule has 6 rings (SSSR count). The van der Waals surface area contributed by atoms with Crippen LogP contribution in [0.4, 0.5) is 5.69 Å². The summed E-state index contributed by atoms with van der Waals surface area (Å²) in [5.74, 6) is 1.14. The van der Waals surface area contributed by atoms with E-state index >= 15 is 0 Å². The topological polar surface area (TPSA) is 91.7 Å². The molecule has 3 aliphatic rings. The molecule has 2 aliphatic heterocycles. The van der Waals surface area contributed by atoms with Crippen LogP contribution in [0.15, 0.2) is 107 Å². The third-order valence-electron chi connectivity index (χ3n) is 7.27. The van der Waals surface area contributed by atoms with Crippen LogP contribution in [0, 0.1) is 11.3 Å². The molecule has 1 aliphatic carbocycles. The Balaban J connectivity index is 1.60. The van der Waals surface area contributed by atoms with Crippen molar-refractivity contribution >= 4 is 17.3 Å². The zero-order valence-electron chi connectivity index (χ0n) is 19.8. The SMILES string of the molecule is COc1ccc([C@H]2C(C#N)=C3N=C(N)c4ccccc4N3C3=C2C(=O)C[C@@H](c2ccccc2)C3)cc1. The van der Waals surface area contributed by atoms with Gasteiger partial charge in [0.15, 0.2) is 11.6 Å². The molecule has 0 bridgehead atoms. The first kappa shape index (κ1) is 21.9. The molecule has 3 aromatic rings. The molecule has 3 aromatic carbocycles. The van der Waals surface area contributed by atoms with Crippen LogP contribution in [-0.4, -0.2) is 18.7 Å². The molecule has 0 saturated carbocycles. The lowest BCUT2D eigenvalue weighted by Crippen LogP contribution is -2.40. The number of fused-ring (bicyclic) bond motifs is 4. The quantitative estimate of drug-likeness (QED) is 0.569. The molecular formula is C30H24N4O2. The summed E-state index contributed by atoms with van der Waals surface area (Å²) in [6.07, 6.45) is 1.05. The summed E-state index contributed by atoms with van der Waals surface area (Å²) in [5.41, 5.74) is 12.0. The van der Waals surface area contributed by atoms with E-state index in [-0.39, 0.29) is 11.7 Å². The number of Topliss-reactive ketones (excluding diaryl/α,β-unsaturated/α-hetero) is 1. The van der Waals surface area contributed by atoms with Crippen LogP contribution in [0.2, 0.25) is 0 Å². The molecule has 6 nitrogen and oxygen atoms in total. The highest BCUT2D eigenvalue weighted by Crippen LogP contribution is 2.51. The third-order valence-corrected chi connectivity index (χ3v) is 7.27. The predicted octanol–water partition coefficient (Wildman–Crippen LogP) is 5.15. The maximum absolute atomic E-state index is 13.9. The molecule has 2 N–H and O–H groups in total. The number of para-hydroxylation sites is 1. The zero-order chi connectivity index (χ0) is 24.8. The maximum atomic E-state index is 13.9. The lowest BCUT2D eigenvalue weighted by atomic mass is 9.71. The van der Waals surface area contributed by atoms with Crippen molar-refractivity contribution in [2.24, 2.45) is 10.7 Å². The number of carbonyl (C=O) groups excluding carboxylic acids is 1. The number of nitrogens with two attached hydrogens (primary N) is 1. The van der Waals surface area contributed by atoms with Crippen LogP contribution in [-0.2, 0) is 4.79 Å². The number of nitrogens with zero attached hydrogens (tertiary/aromatic N) is 3. The van der Waals surface area contributed by atoms with Gasteiger partial charge in [0, 0.05) is 23.3 Å². The second-order valence-electron chi connectivity index (χ2n) is 9.20. The molecule has 0 amide bonds. The lowest BCUT2D eigenvalue weighted by molar-refractivity contribution is -0.116. The molecule has 0 saturated heterocycles. The van der Waals surface area contributed by atoms with E-state index in [2.05, 4.69) is 18.2 Å². The van der Waals surface area contributed by atoms with Gasteiger partial charge < -0.3 is 10.5 Å². The largest absolute Gasteiger partial charge is 0.497 e. The van der Waals surface area contributed by atoms with Gasteiger partial charge in [0.1, 0.15) is 11.6 Å². The maximum Gasteiger partial charge on any atom is 0.162 e. The summed E-state index contributed by atoms with van der Waals surface area (Å²) in [6.45, 7) is 0. The zero-order valence-corrected chi connectivity index (χ0v) is 19.8. The Labute approximate surface area is 209 Å². The Hall–Kier alpha value is -4.63. The number of anilines is 1. The van der Waals surface area contributed by atoms with Crippen LogP contribution in [0.1, 0.15) is 41.4 Å². The Morgan fingerprint density at radius 2 is 1.69 bits per heavy atom. The van der Waals surface area contributed by atoms with E-state index < -0.39 is 5.92 Å². The number of hydrogen-bond donors (Lipinski definition) is 1. The molecule has 0 fully saturated rings. The molecule has 0 radical (unpaired) electrons. The summed E-state index contributed by atoms with van der Waals surface area (Å²) in [6, 6.07) is 27.8. The molecular weight excluding hydrogens is 448 g/mol. The first-order chi connectivity index (χ1) is 17.6. The van der Waals surface area contributed by atoms with Crippen LogP contribution in [0.3, 0.4) is 0 Å². The van der Waals surface area contributed by atoms with Gasteiger partial charge in [-0.2, -0.15) is 5.26 Å². The van der Waals surface area contributed by atoms with Gasteiger partial charge in [-0.1, -0.05) is 54.6 Å². The van der Waals surface area contributed by atoms with Gasteiger partial charge in [0.2, 0.25) is 0 Å². The van der Waals surface area contributed by atoms with E-state index in [0.29, 0.717) is 41.4 Å². The van der Waals surface area contributed by atoms with Crippen LogP contribution < -0.4 is 15.4 Å². The standard InChI is InChI=1S/C30H24N4O2/c1-36-21-13-11-19(12-14-21)27-23(17-31)30-33-29(32)22-9-5-6-10-24(22)34(30)25-15-20(16-26(35)28(25)27)18-7-3-2-4-8-18/h2-14,20,27H,15-16H2,1H3,(H2,32,33)/t20-,27-/m0/s1. The minimum atomic E-state index is -0.520. The van der Waals surface area contributed by atoms with E-state index in [0.717, 1.165) is 28.1 Å². The number of ketones is 1. The third kappa shape index (κ3) is 3.32. The highest BCUT2D eigenvalue weighted by Gasteiger charge is 2.45. The minimum absolute atomic E-state index is 0.0364. The summed E-state index contributed by atoms with van der Waals surface area (Å²) in [5, 5.41) is 10.4. The number of ether oxygens (including phenoxy) is 1. The molecule has 36 heavy (non-hydrogen) atoms. The second-order valence-corrected chi connectivity index (χ2v) is 9.20. The second kappa shape index (κ2) is 8.54. The van der Waals surface area contributed by atoms with Crippen LogP contribution in [0.5, 0.6) is 5.75 Å². The molecule has 0 unspecified atom stereocenters. The van der Waals surface area contributed by atoms with Gasteiger partial charge in [-0.05, 0) is 47.7 Å². The molecule has 0 aromatic heterocycles. The molecule has 2 atom stereocenters. The van der Waals surface area contributed by atoms with Crippen LogP contribution in [0.25, 0.3) is 0 Å². The summed E-state index contributed by atoms with van der Waals surface area (Å²) < 4.78 is 5.34. The summed E-state index contributed by atoms with van der Waals surface area (Å²) in [7, 11) is 1.61. The first-order valence-corrected chi connectivity index (χ1v) is 11.9. The lowest BCUT2D eigenvalue weighted by Gasteiger charge is -2.43. The van der Waals surface area contributed by atoms with Gasteiger partial charge in [0.25, 0.3) is 0 Å². The Bertz CT molecular complexity index is 1510. The monoisotopic (exact) mass is 472 g/mol. The number of methoxy groups -OCH3 is 1. The van der Waals surface area contributed by atoms with Gasteiger partial charge >= 0.3 is 0 Å². The fraction of sp³-hybridized carbons (Fsp3) is 0.167. The number of carbonyl (C=O) groups is 1. The fourth-order valence-corrected chi connectivity index (χ4v) is 5.61. The van der Waals surface area contributed by atoms with E-state index in [1.54, 1.807) is 7.11 Å². The highest BCUT2D eigenvalue weighted by molar-refractivity contribution is 6.08. The Kier molecular flexibility index (Phi) is 5.19. The van der Waals surface area contributed by atoms with Crippen molar-refractivity contribution in [1.82, 2.24) is 0 Å². The number of hydrogen-bond acceptors (Lipinski definition) is 6. The van der Waals surface area contributed by atoms with Crippen LogP contribution >= 0.6 is 0 Å². The Morgan fingerprint density at radius 3 is 2.42 bits per heavy atom. The fourth-order valence-electron chi connectivity index (χ4n) is 5.61. The van der Waals surface area contributed by atoms with Crippen molar-refractivity contribution in [2.45, 2.75) is 24.7 Å². The van der Waals surface area contributed by atoms with Gasteiger partial charge in [0.05, 0.1) is 30.4 Å². The number of rotatable bonds is 3. The van der Waals surface area contributed by atoms with Crippen molar-refractivity contribution in [3.63, 3.8) is 0 Å². The van der Waals surface area contributed by atoms with E-state index in [4.69, 9.17) is 15.5 Å². The van der Waals surface area contributed by atoms with Crippen molar-refractivity contribution < 1.29 is 9.53 Å². The number of nitriles is 1. The number of benzene rings is 3. The van der Waals surface area contributed by atoms with Crippen molar-refractivity contribution in [2.75, 3.05) is 12.0 Å². The van der Waals surface area contributed by atoms with E-state index in [1.165, 1.54) is 0 Å². The van der Waals surface area contributed by atoms with E-state index in [9.17, 15) is 10.1 Å². The molecule has 0 spiro atoms. The first-order valence-electron chi connectivity index (χ1n) is 11.9. The Morgan fingerprint density at radius 1 is 0.972 bits per heavy atom. The number of allylic oxidation sites excluding steroid dienone is 3. The normalized spacial score (nSPS) is 20.7. The predicted molar refractivity (Wildman–Crippen MR) is 138 cm³/mol. The summed E-state index contributed by atoms with van der Waals surface area (Å²) >= 11 is 0. The number of amidine groups is 1. The number of aliphatic imine (C=N–C) groups is 1. The van der Waals surface area contributed by atoms with Gasteiger partial charge in [-0.15, -0.1) is 0 Å². The highest BCUT2D eigenvalue weighted by atomic mass is 16.5. The smallest absolute Gasteiger partial charge is 0.162 e. The van der Waals surface area contributed by atoms with E-state index in [1.807, 2.05) is 71.6 Å².